The predicted octanol–water partition coefficient (Wildman–Crippen LogP) is 5.12. The molecule has 2 N–H and O–H groups in total. The minimum atomic E-state index is -4.64. The van der Waals surface area contributed by atoms with Crippen LogP contribution in [0.4, 0.5) is 23.0 Å². The van der Waals surface area contributed by atoms with Crippen molar-refractivity contribution in [1.29, 1.82) is 0 Å². The molecular formula is C32H34F3N9O3S. The quantitative estimate of drug-likeness (QED) is 0.219. The molecule has 16 heteroatoms. The van der Waals surface area contributed by atoms with Gasteiger partial charge in [0.15, 0.2) is 5.82 Å². The molecular weight excluding hydrogens is 647 g/mol. The van der Waals surface area contributed by atoms with E-state index in [9.17, 15) is 22.8 Å². The van der Waals surface area contributed by atoms with Gasteiger partial charge in [-0.1, -0.05) is 47.7 Å². The number of hydrogen-bond donors (Lipinski definition) is 2. The van der Waals surface area contributed by atoms with Crippen molar-refractivity contribution in [3.63, 3.8) is 0 Å². The summed E-state index contributed by atoms with van der Waals surface area (Å²) in [7, 11) is 0. The zero-order valence-corrected chi connectivity index (χ0v) is 27.4. The molecule has 4 heterocycles. The van der Waals surface area contributed by atoms with Crippen molar-refractivity contribution >= 4 is 39.4 Å². The zero-order chi connectivity index (χ0) is 34.0. The molecule has 2 amide bonds. The van der Waals surface area contributed by atoms with Gasteiger partial charge in [-0.2, -0.15) is 18.3 Å². The number of carbonyl (C=O) groups is 2. The van der Waals surface area contributed by atoms with Crippen molar-refractivity contribution in [3.05, 3.63) is 76.3 Å². The molecule has 1 unspecified atom stereocenters. The Balaban J connectivity index is 1.14. The number of rotatable bonds is 9. The summed E-state index contributed by atoms with van der Waals surface area (Å²) in [6, 6.07) is 14.6. The number of imidazole rings is 1. The van der Waals surface area contributed by atoms with Crippen molar-refractivity contribution in [3.8, 4) is 11.5 Å². The van der Waals surface area contributed by atoms with E-state index in [0.717, 1.165) is 11.1 Å². The molecule has 6 rings (SSSR count). The molecule has 2 aromatic carbocycles. The second-order valence-electron chi connectivity index (χ2n) is 11.6. The molecule has 1 fully saturated rings. The number of alkyl halides is 3. The van der Waals surface area contributed by atoms with Gasteiger partial charge in [0.2, 0.25) is 10.9 Å². The van der Waals surface area contributed by atoms with Crippen molar-refractivity contribution in [2.45, 2.75) is 52.6 Å². The van der Waals surface area contributed by atoms with Crippen LogP contribution < -0.4 is 10.2 Å². The summed E-state index contributed by atoms with van der Waals surface area (Å²) < 4.78 is 48.5. The van der Waals surface area contributed by atoms with Gasteiger partial charge in [-0.3, -0.25) is 4.79 Å². The number of ether oxygens (including phenoxy) is 1. The van der Waals surface area contributed by atoms with Crippen LogP contribution in [0.25, 0.3) is 22.6 Å². The first-order valence-corrected chi connectivity index (χ1v) is 16.2. The summed E-state index contributed by atoms with van der Waals surface area (Å²) in [5, 5.41) is 6.36. The summed E-state index contributed by atoms with van der Waals surface area (Å²) in [4.78, 5) is 44.8. The van der Waals surface area contributed by atoms with Gasteiger partial charge in [0.25, 0.3) is 0 Å². The number of benzene rings is 2. The maximum Gasteiger partial charge on any atom is 0.443 e. The highest BCUT2D eigenvalue weighted by Crippen LogP contribution is 2.42. The third-order valence-corrected chi connectivity index (χ3v) is 9.16. The van der Waals surface area contributed by atoms with Gasteiger partial charge in [-0.25, -0.2) is 24.4 Å². The maximum absolute atomic E-state index is 13.9. The van der Waals surface area contributed by atoms with E-state index in [2.05, 4.69) is 30.4 Å². The molecule has 0 aliphatic carbocycles. The molecule has 1 aliphatic heterocycles. The Morgan fingerprint density at radius 1 is 1.06 bits per heavy atom. The molecule has 12 nitrogen and oxygen atoms in total. The number of aryl methyl sites for hydroxylation is 2. The fourth-order valence-electron chi connectivity index (χ4n) is 5.65. The minimum Gasteiger partial charge on any atom is -0.445 e. The van der Waals surface area contributed by atoms with Gasteiger partial charge in [-0.05, 0) is 50.5 Å². The summed E-state index contributed by atoms with van der Waals surface area (Å²) in [5.41, 5.74) is 3.08. The molecule has 1 aliphatic rings. The second-order valence-corrected chi connectivity index (χ2v) is 12.6. The molecule has 252 valence electrons. The molecule has 1 saturated heterocycles. The highest BCUT2D eigenvalue weighted by molar-refractivity contribution is 7.16. The van der Waals surface area contributed by atoms with E-state index in [0.29, 0.717) is 71.6 Å². The van der Waals surface area contributed by atoms with Gasteiger partial charge in [-0.15, -0.1) is 0 Å². The first-order chi connectivity index (χ1) is 22.9. The molecule has 1 atom stereocenters. The SMILES string of the molecule is Cc1nc(C)n(CC(=O)N2CCN(c3sc(C(F)(F)F)nc3-c3nc4ccc(CCNC(=O)OCc5ccccc5)cc4[nH]3)CC2C)n1. The highest BCUT2D eigenvalue weighted by Gasteiger charge is 2.39. The first kappa shape index (κ1) is 32.9. The molecule has 0 spiro atoms. The molecule has 48 heavy (non-hydrogen) atoms. The monoisotopic (exact) mass is 681 g/mol. The predicted molar refractivity (Wildman–Crippen MR) is 173 cm³/mol. The Labute approximate surface area is 278 Å². The number of hydrogen-bond acceptors (Lipinski definition) is 9. The number of piperazine rings is 1. The summed E-state index contributed by atoms with van der Waals surface area (Å²) in [6.45, 7) is 6.90. The summed E-state index contributed by atoms with van der Waals surface area (Å²) >= 11 is 0.568. The van der Waals surface area contributed by atoms with Crippen molar-refractivity contribution < 1.29 is 27.5 Å². The fourth-order valence-corrected chi connectivity index (χ4v) is 6.62. The van der Waals surface area contributed by atoms with Crippen LogP contribution in [-0.4, -0.2) is 78.8 Å². The van der Waals surface area contributed by atoms with E-state index in [1.807, 2.05) is 54.3 Å². The number of H-pyrrole nitrogens is 1. The van der Waals surface area contributed by atoms with E-state index in [1.54, 1.807) is 29.5 Å². The van der Waals surface area contributed by atoms with Crippen molar-refractivity contribution in [1.82, 2.24) is 39.9 Å². The number of thiazole rings is 1. The largest absolute Gasteiger partial charge is 0.445 e. The van der Waals surface area contributed by atoms with E-state index in [1.165, 1.54) is 0 Å². The van der Waals surface area contributed by atoms with Crippen LogP contribution >= 0.6 is 11.3 Å². The van der Waals surface area contributed by atoms with E-state index in [-0.39, 0.29) is 36.6 Å². The lowest BCUT2D eigenvalue weighted by atomic mass is 10.1. The Bertz CT molecular complexity index is 1920. The maximum atomic E-state index is 13.9. The number of nitrogens with zero attached hydrogens (tertiary/aromatic N) is 7. The Morgan fingerprint density at radius 3 is 2.56 bits per heavy atom. The fraction of sp³-hybridized carbons (Fsp3) is 0.375. The third-order valence-electron chi connectivity index (χ3n) is 8.00. The number of aromatic amines is 1. The lowest BCUT2D eigenvalue weighted by Crippen LogP contribution is -2.54. The number of amides is 2. The van der Waals surface area contributed by atoms with Crippen LogP contribution in [0, 0.1) is 13.8 Å². The van der Waals surface area contributed by atoms with Crippen LogP contribution in [0.3, 0.4) is 0 Å². The van der Waals surface area contributed by atoms with Gasteiger partial charge < -0.3 is 24.8 Å². The van der Waals surface area contributed by atoms with Crippen molar-refractivity contribution in [2.24, 2.45) is 0 Å². The van der Waals surface area contributed by atoms with Crippen LogP contribution in [0.15, 0.2) is 48.5 Å². The van der Waals surface area contributed by atoms with Crippen LogP contribution in [0.2, 0.25) is 0 Å². The van der Waals surface area contributed by atoms with Gasteiger partial charge in [0.05, 0.1) is 11.0 Å². The molecule has 0 saturated carbocycles. The lowest BCUT2D eigenvalue weighted by molar-refractivity contribution is -0.137. The average Bonchev–Trinajstić information content (AvgIpc) is 3.76. The van der Waals surface area contributed by atoms with Crippen molar-refractivity contribution in [2.75, 3.05) is 31.1 Å². The third kappa shape index (κ3) is 7.43. The zero-order valence-electron chi connectivity index (χ0n) is 26.5. The number of fused-ring (bicyclic) bond motifs is 1. The molecule has 0 bridgehead atoms. The summed E-state index contributed by atoms with van der Waals surface area (Å²) in [5.74, 6) is 1.29. The number of nitrogens with one attached hydrogen (secondary N) is 2. The highest BCUT2D eigenvalue weighted by atomic mass is 32.1. The molecule has 0 radical (unpaired) electrons. The smallest absolute Gasteiger partial charge is 0.443 e. The van der Waals surface area contributed by atoms with Gasteiger partial charge in [0.1, 0.15) is 35.5 Å². The number of anilines is 1. The normalized spacial score (nSPS) is 15.2. The number of aromatic nitrogens is 6. The topological polar surface area (TPSA) is 134 Å². The second kappa shape index (κ2) is 13.6. The van der Waals surface area contributed by atoms with E-state index < -0.39 is 17.3 Å². The van der Waals surface area contributed by atoms with Gasteiger partial charge >= 0.3 is 12.3 Å². The number of halogens is 3. The minimum absolute atomic E-state index is 0.0381. The Morgan fingerprint density at radius 2 is 1.85 bits per heavy atom. The van der Waals surface area contributed by atoms with E-state index in [4.69, 9.17) is 4.74 Å². The van der Waals surface area contributed by atoms with E-state index >= 15 is 0 Å². The Hall–Kier alpha value is -4.99. The lowest BCUT2D eigenvalue weighted by Gasteiger charge is -2.40. The number of carbonyl (C=O) groups excluding carboxylic acids is 2. The Kier molecular flexibility index (Phi) is 9.35. The van der Waals surface area contributed by atoms with Crippen LogP contribution in [0.5, 0.6) is 0 Å². The average molecular weight is 682 g/mol. The van der Waals surface area contributed by atoms with Gasteiger partial charge in [0, 0.05) is 32.2 Å². The molecule has 5 aromatic rings. The van der Waals surface area contributed by atoms with Crippen LogP contribution in [0.1, 0.15) is 34.7 Å². The first-order valence-electron chi connectivity index (χ1n) is 15.4. The number of alkyl carbamates (subject to hydrolysis) is 1. The standard InChI is InChI=1S/C32H34F3N9O3S/c1-19-16-42(13-14-43(19)26(45)17-44-21(3)37-20(2)41-44)29-27(40-30(48-29)32(33,34)35)28-38-24-10-9-22(15-25(24)39-28)11-12-36-31(46)47-18-23-7-5-4-6-8-23/h4-10,15,19H,11-14,16-18H2,1-3H3,(H,36,46)(H,38,39). The van der Waals surface area contributed by atoms with Crippen LogP contribution in [-0.2, 0) is 35.3 Å². The molecule has 3 aromatic heterocycles. The summed E-state index contributed by atoms with van der Waals surface area (Å²) in [6.07, 6.45) is -4.66.